The summed E-state index contributed by atoms with van der Waals surface area (Å²) >= 11 is 3.46. The summed E-state index contributed by atoms with van der Waals surface area (Å²) in [7, 11) is 2.12. The maximum atomic E-state index is 3.46. The topological polar surface area (TPSA) is 3.24 Å². The van der Waals surface area contributed by atoms with E-state index in [2.05, 4.69) is 60.8 Å². The second-order valence-electron chi connectivity index (χ2n) is 4.01. The molecule has 0 fully saturated rings. The van der Waals surface area contributed by atoms with Crippen LogP contribution >= 0.6 is 15.9 Å². The van der Waals surface area contributed by atoms with Crippen LogP contribution in [0.5, 0.6) is 0 Å². The summed E-state index contributed by atoms with van der Waals surface area (Å²) in [5.74, 6) is 0. The predicted molar refractivity (Wildman–Crippen MR) is 65.9 cm³/mol. The van der Waals surface area contributed by atoms with Gasteiger partial charge in [-0.3, -0.25) is 4.90 Å². The summed E-state index contributed by atoms with van der Waals surface area (Å²) in [6, 6.07) is 4.51. The highest BCUT2D eigenvalue weighted by Crippen LogP contribution is 2.17. The van der Waals surface area contributed by atoms with E-state index in [9.17, 15) is 0 Å². The molecule has 0 aromatic heterocycles. The van der Waals surface area contributed by atoms with Crippen LogP contribution < -0.4 is 0 Å². The van der Waals surface area contributed by atoms with Crippen LogP contribution in [-0.2, 0) is 6.54 Å². The molecule has 0 aliphatic heterocycles. The third-order valence-corrected chi connectivity index (χ3v) is 3.33. The molecule has 0 spiro atoms. The Hall–Kier alpha value is -0.340. The fourth-order valence-electron chi connectivity index (χ4n) is 1.77. The van der Waals surface area contributed by atoms with Crippen molar-refractivity contribution in [3.63, 3.8) is 0 Å². The Bertz CT molecular complexity index is 297. The van der Waals surface area contributed by atoms with Gasteiger partial charge in [0.25, 0.3) is 0 Å². The number of hydrogen-bond acceptors (Lipinski definition) is 1. The van der Waals surface area contributed by atoms with E-state index < -0.39 is 0 Å². The number of alkyl halides is 1. The van der Waals surface area contributed by atoms with Gasteiger partial charge in [0, 0.05) is 6.54 Å². The quantitative estimate of drug-likeness (QED) is 0.591. The highest BCUT2D eigenvalue weighted by Gasteiger charge is 2.05. The monoisotopic (exact) mass is 255 g/mol. The van der Waals surface area contributed by atoms with Gasteiger partial charge < -0.3 is 0 Å². The maximum absolute atomic E-state index is 3.46. The molecule has 78 valence electrons. The van der Waals surface area contributed by atoms with Crippen molar-refractivity contribution < 1.29 is 0 Å². The fraction of sp³-hybridized carbons (Fsp3) is 0.500. The van der Waals surface area contributed by atoms with Crippen LogP contribution in [0, 0.1) is 20.8 Å². The molecule has 0 radical (unpaired) electrons. The molecule has 1 rings (SSSR count). The number of aryl methyl sites for hydroxylation is 3. The van der Waals surface area contributed by atoms with Crippen molar-refractivity contribution in [1.82, 2.24) is 4.90 Å². The Morgan fingerprint density at radius 1 is 1.14 bits per heavy atom. The molecule has 0 heterocycles. The van der Waals surface area contributed by atoms with Gasteiger partial charge in [0.1, 0.15) is 0 Å². The van der Waals surface area contributed by atoms with Crippen molar-refractivity contribution in [2.75, 3.05) is 12.5 Å². The van der Waals surface area contributed by atoms with Crippen molar-refractivity contribution in [3.05, 3.63) is 34.4 Å². The summed E-state index contributed by atoms with van der Waals surface area (Å²) in [5.41, 5.74) is 6.52. The Kier molecular flexibility index (Phi) is 4.14. The summed E-state index contributed by atoms with van der Waals surface area (Å²) < 4.78 is 0. The zero-order valence-electron chi connectivity index (χ0n) is 9.39. The van der Waals surface area contributed by atoms with E-state index in [4.69, 9.17) is 0 Å². The van der Waals surface area contributed by atoms with E-state index in [0.717, 1.165) is 12.0 Å². The molecule has 0 saturated heterocycles. The average molecular weight is 256 g/mol. The average Bonchev–Trinajstić information content (AvgIpc) is 2.10. The van der Waals surface area contributed by atoms with Gasteiger partial charge in [0.05, 0.1) is 5.45 Å². The van der Waals surface area contributed by atoms with Crippen molar-refractivity contribution in [1.29, 1.82) is 0 Å². The Labute approximate surface area is 95.2 Å². The lowest BCUT2D eigenvalue weighted by molar-refractivity contribution is 0.388. The molecule has 1 aromatic carbocycles. The summed E-state index contributed by atoms with van der Waals surface area (Å²) in [6.45, 7) is 7.55. The Morgan fingerprint density at radius 2 is 1.64 bits per heavy atom. The first kappa shape index (κ1) is 11.7. The first-order valence-electron chi connectivity index (χ1n) is 4.86. The molecule has 0 atom stereocenters. The van der Waals surface area contributed by atoms with Crippen LogP contribution in [0.2, 0.25) is 0 Å². The van der Waals surface area contributed by atoms with Crippen molar-refractivity contribution in [3.8, 4) is 0 Å². The van der Waals surface area contributed by atoms with Crippen LogP contribution in [0.15, 0.2) is 12.1 Å². The van der Waals surface area contributed by atoms with Gasteiger partial charge in [0.2, 0.25) is 0 Å². The normalized spacial score (nSPS) is 11.0. The Balaban J connectivity index is 2.96. The molecule has 1 nitrogen and oxygen atoms in total. The molecule has 0 amide bonds. The van der Waals surface area contributed by atoms with Gasteiger partial charge in [-0.2, -0.15) is 0 Å². The van der Waals surface area contributed by atoms with Crippen LogP contribution in [0.25, 0.3) is 0 Å². The van der Waals surface area contributed by atoms with Gasteiger partial charge in [-0.05, 0) is 44.5 Å². The number of rotatable bonds is 3. The van der Waals surface area contributed by atoms with Gasteiger partial charge in [-0.15, -0.1) is 0 Å². The van der Waals surface area contributed by atoms with Gasteiger partial charge in [-0.25, -0.2) is 0 Å². The van der Waals surface area contributed by atoms with Crippen LogP contribution in [-0.4, -0.2) is 17.4 Å². The molecule has 1 aromatic rings. The van der Waals surface area contributed by atoms with E-state index in [-0.39, 0.29) is 0 Å². The SMILES string of the molecule is Cc1cc(C)c(CN(C)CBr)c(C)c1. The van der Waals surface area contributed by atoms with Crippen LogP contribution in [0.3, 0.4) is 0 Å². The lowest BCUT2D eigenvalue weighted by atomic mass is 10.00. The summed E-state index contributed by atoms with van der Waals surface area (Å²) in [6.07, 6.45) is 0. The molecule has 0 unspecified atom stereocenters. The number of benzene rings is 1. The van der Waals surface area contributed by atoms with Gasteiger partial charge >= 0.3 is 0 Å². The van der Waals surface area contributed by atoms with Crippen LogP contribution in [0.4, 0.5) is 0 Å². The fourth-order valence-corrected chi connectivity index (χ4v) is 1.95. The smallest absolute Gasteiger partial charge is 0.0542 e. The van der Waals surface area contributed by atoms with E-state index in [1.807, 2.05) is 0 Å². The van der Waals surface area contributed by atoms with Crippen molar-refractivity contribution in [2.24, 2.45) is 0 Å². The first-order valence-corrected chi connectivity index (χ1v) is 5.98. The lowest BCUT2D eigenvalue weighted by Gasteiger charge is -2.17. The zero-order valence-corrected chi connectivity index (χ0v) is 11.0. The predicted octanol–water partition coefficient (Wildman–Crippen LogP) is 3.40. The molecule has 0 N–H and O–H groups in total. The minimum atomic E-state index is 0.916. The standard InChI is InChI=1S/C12H18BrN/c1-9-5-10(2)12(11(3)6-9)7-14(4)8-13/h5-6H,7-8H2,1-4H3. The van der Waals surface area contributed by atoms with Crippen molar-refractivity contribution in [2.45, 2.75) is 27.3 Å². The largest absolute Gasteiger partial charge is 0.292 e. The highest BCUT2D eigenvalue weighted by atomic mass is 79.9. The molecule has 2 heteroatoms. The zero-order chi connectivity index (χ0) is 10.7. The lowest BCUT2D eigenvalue weighted by Crippen LogP contribution is -2.16. The summed E-state index contributed by atoms with van der Waals surface area (Å²) in [5, 5.41) is 0. The van der Waals surface area contributed by atoms with Crippen molar-refractivity contribution >= 4 is 15.9 Å². The number of hydrogen-bond donors (Lipinski definition) is 0. The molecule has 0 bridgehead atoms. The van der Waals surface area contributed by atoms with E-state index in [1.165, 1.54) is 22.3 Å². The molecular formula is C12H18BrN. The minimum Gasteiger partial charge on any atom is -0.292 e. The second kappa shape index (κ2) is 4.94. The van der Waals surface area contributed by atoms with Crippen LogP contribution in [0.1, 0.15) is 22.3 Å². The third-order valence-electron chi connectivity index (χ3n) is 2.47. The highest BCUT2D eigenvalue weighted by molar-refractivity contribution is 9.09. The van der Waals surface area contributed by atoms with E-state index >= 15 is 0 Å². The van der Waals surface area contributed by atoms with E-state index in [0.29, 0.717) is 0 Å². The molecule has 0 saturated carbocycles. The second-order valence-corrected chi connectivity index (χ2v) is 4.51. The number of nitrogens with zero attached hydrogens (tertiary/aromatic N) is 1. The minimum absolute atomic E-state index is 0.916. The molecule has 0 aliphatic rings. The maximum Gasteiger partial charge on any atom is 0.0542 e. The third kappa shape index (κ3) is 2.82. The van der Waals surface area contributed by atoms with E-state index in [1.54, 1.807) is 0 Å². The Morgan fingerprint density at radius 3 is 2.07 bits per heavy atom. The first-order chi connectivity index (χ1) is 6.54. The molecular weight excluding hydrogens is 238 g/mol. The van der Waals surface area contributed by atoms with Gasteiger partial charge in [0.15, 0.2) is 0 Å². The molecule has 14 heavy (non-hydrogen) atoms. The molecule has 0 aliphatic carbocycles. The summed E-state index contributed by atoms with van der Waals surface area (Å²) in [4.78, 5) is 2.25. The van der Waals surface area contributed by atoms with Gasteiger partial charge in [-0.1, -0.05) is 33.6 Å². The number of halogens is 1.